The number of aliphatic carboxylic acids is 1. The summed E-state index contributed by atoms with van der Waals surface area (Å²) in [6.45, 7) is 0.156. The molecule has 0 aromatic heterocycles. The van der Waals surface area contributed by atoms with Crippen LogP contribution in [0, 0.1) is 11.3 Å². The molecule has 1 unspecified atom stereocenters. The minimum atomic E-state index is -4.59. The molecule has 2 amide bonds. The lowest BCUT2D eigenvalue weighted by atomic mass is 9.81. The number of halogens is 3. The number of benzene rings is 1. The topological polar surface area (TPSA) is 69.6 Å². The van der Waals surface area contributed by atoms with E-state index in [2.05, 4.69) is 5.32 Å². The zero-order valence-electron chi connectivity index (χ0n) is 14.1. The van der Waals surface area contributed by atoms with E-state index < -0.39 is 29.6 Å². The third kappa shape index (κ3) is 3.50. The van der Waals surface area contributed by atoms with Crippen molar-refractivity contribution in [3.05, 3.63) is 35.9 Å². The molecule has 142 valence electrons. The number of alkyl halides is 3. The predicted molar refractivity (Wildman–Crippen MR) is 87.5 cm³/mol. The van der Waals surface area contributed by atoms with E-state index in [0.29, 0.717) is 18.4 Å². The van der Waals surface area contributed by atoms with Gasteiger partial charge in [0.1, 0.15) is 6.04 Å². The molecule has 26 heavy (non-hydrogen) atoms. The van der Waals surface area contributed by atoms with Gasteiger partial charge in [-0.25, -0.2) is 4.79 Å². The number of urea groups is 1. The molecule has 0 spiro atoms. The fourth-order valence-corrected chi connectivity index (χ4v) is 4.13. The summed E-state index contributed by atoms with van der Waals surface area (Å²) in [5, 5.41) is 11.6. The molecule has 2 fully saturated rings. The average Bonchev–Trinajstić information content (AvgIpc) is 3.12. The van der Waals surface area contributed by atoms with Gasteiger partial charge in [-0.2, -0.15) is 13.2 Å². The SMILES string of the molecule is O=C(NC(Cc1ccccc1)C(F)(F)F)N1C[C@@H]2CCC[C@@]2(C(=O)O)C1. The Bertz CT molecular complexity index is 680. The highest BCUT2D eigenvalue weighted by Crippen LogP contribution is 2.48. The first-order chi connectivity index (χ1) is 12.2. The number of carboxylic acids is 1. The molecule has 1 saturated carbocycles. The number of nitrogens with zero attached hydrogens (tertiary/aromatic N) is 1. The number of amides is 2. The van der Waals surface area contributed by atoms with Crippen LogP contribution in [0.3, 0.4) is 0 Å². The summed E-state index contributed by atoms with van der Waals surface area (Å²) >= 11 is 0. The zero-order valence-corrected chi connectivity index (χ0v) is 14.1. The molecule has 2 aliphatic rings. The summed E-state index contributed by atoms with van der Waals surface area (Å²) in [6, 6.07) is 5.27. The third-order valence-electron chi connectivity index (χ3n) is 5.56. The molecular formula is C18H21F3N2O3. The molecule has 1 aliphatic heterocycles. The highest BCUT2D eigenvalue weighted by Gasteiger charge is 2.56. The number of fused-ring (bicyclic) bond motifs is 1. The van der Waals surface area contributed by atoms with Crippen LogP contribution in [-0.2, 0) is 11.2 Å². The Morgan fingerprint density at radius 2 is 2.00 bits per heavy atom. The van der Waals surface area contributed by atoms with E-state index in [9.17, 15) is 27.9 Å². The second-order valence-electron chi connectivity index (χ2n) is 7.16. The van der Waals surface area contributed by atoms with Gasteiger partial charge in [0, 0.05) is 19.5 Å². The summed E-state index contributed by atoms with van der Waals surface area (Å²) < 4.78 is 40.1. The molecule has 0 bridgehead atoms. The average molecular weight is 370 g/mol. The molecular weight excluding hydrogens is 349 g/mol. The monoisotopic (exact) mass is 370 g/mol. The first-order valence-electron chi connectivity index (χ1n) is 8.62. The fraction of sp³-hybridized carbons (Fsp3) is 0.556. The van der Waals surface area contributed by atoms with Gasteiger partial charge in [-0.05, 0) is 24.3 Å². The van der Waals surface area contributed by atoms with Gasteiger partial charge in [0.05, 0.1) is 5.41 Å². The molecule has 1 heterocycles. The second-order valence-corrected chi connectivity index (χ2v) is 7.16. The van der Waals surface area contributed by atoms with Gasteiger partial charge in [-0.15, -0.1) is 0 Å². The summed E-state index contributed by atoms with van der Waals surface area (Å²) in [4.78, 5) is 25.3. The van der Waals surface area contributed by atoms with Crippen LogP contribution >= 0.6 is 0 Å². The van der Waals surface area contributed by atoms with Gasteiger partial charge in [0.25, 0.3) is 0 Å². The lowest BCUT2D eigenvalue weighted by Gasteiger charge is -2.26. The first-order valence-corrected chi connectivity index (χ1v) is 8.62. The number of likely N-dealkylation sites (tertiary alicyclic amines) is 1. The Labute approximate surface area is 149 Å². The minimum Gasteiger partial charge on any atom is -0.481 e. The second kappa shape index (κ2) is 6.81. The molecule has 1 aromatic carbocycles. The van der Waals surface area contributed by atoms with Crippen LogP contribution in [0.4, 0.5) is 18.0 Å². The number of rotatable bonds is 4. The van der Waals surface area contributed by atoms with Gasteiger partial charge in [-0.3, -0.25) is 4.79 Å². The smallest absolute Gasteiger partial charge is 0.408 e. The lowest BCUT2D eigenvalue weighted by Crippen LogP contribution is -2.51. The van der Waals surface area contributed by atoms with Crippen LogP contribution in [-0.4, -0.2) is 47.3 Å². The van der Waals surface area contributed by atoms with Gasteiger partial charge in [-0.1, -0.05) is 36.8 Å². The lowest BCUT2D eigenvalue weighted by molar-refractivity contribution is -0.153. The Hall–Kier alpha value is -2.25. The van der Waals surface area contributed by atoms with E-state index in [-0.39, 0.29) is 25.4 Å². The summed E-state index contributed by atoms with van der Waals surface area (Å²) in [7, 11) is 0. The van der Waals surface area contributed by atoms with Crippen LogP contribution < -0.4 is 5.32 Å². The van der Waals surface area contributed by atoms with E-state index in [1.807, 2.05) is 0 Å². The van der Waals surface area contributed by atoms with Gasteiger partial charge >= 0.3 is 18.2 Å². The van der Waals surface area contributed by atoms with E-state index in [1.54, 1.807) is 30.3 Å². The Balaban J connectivity index is 1.70. The quantitative estimate of drug-likeness (QED) is 0.856. The van der Waals surface area contributed by atoms with Crippen molar-refractivity contribution in [2.75, 3.05) is 13.1 Å². The summed E-state index contributed by atoms with van der Waals surface area (Å²) in [5.41, 5.74) is -0.541. The Morgan fingerprint density at radius 3 is 2.58 bits per heavy atom. The standard InChI is InChI=1S/C18H21F3N2O3/c19-18(20,21)14(9-12-5-2-1-3-6-12)22-16(26)23-10-13-7-4-8-17(13,11-23)15(24)25/h1-3,5-6,13-14H,4,7-11H2,(H,22,26)(H,24,25)/t13-,14?,17+/m0/s1. The third-order valence-corrected chi connectivity index (χ3v) is 5.56. The molecule has 8 heteroatoms. The maximum Gasteiger partial charge on any atom is 0.408 e. The highest BCUT2D eigenvalue weighted by molar-refractivity contribution is 5.80. The highest BCUT2D eigenvalue weighted by atomic mass is 19.4. The number of hydrogen-bond acceptors (Lipinski definition) is 2. The number of carbonyl (C=O) groups excluding carboxylic acids is 1. The van der Waals surface area contributed by atoms with Crippen molar-refractivity contribution in [3.63, 3.8) is 0 Å². The van der Waals surface area contributed by atoms with E-state index >= 15 is 0 Å². The van der Waals surface area contributed by atoms with Crippen LogP contribution in [0.25, 0.3) is 0 Å². The Kier molecular flexibility index (Phi) is 4.86. The predicted octanol–water partition coefficient (Wildman–Crippen LogP) is 3.06. The fourth-order valence-electron chi connectivity index (χ4n) is 4.13. The molecule has 1 saturated heterocycles. The number of carbonyl (C=O) groups is 2. The number of nitrogens with one attached hydrogen (secondary N) is 1. The van der Waals surface area contributed by atoms with Gasteiger partial charge < -0.3 is 15.3 Å². The number of hydrogen-bond donors (Lipinski definition) is 2. The molecule has 1 aliphatic carbocycles. The van der Waals surface area contributed by atoms with Gasteiger partial charge in [0.15, 0.2) is 0 Å². The molecule has 3 atom stereocenters. The van der Waals surface area contributed by atoms with Crippen molar-refractivity contribution in [2.45, 2.75) is 37.9 Å². The number of carboxylic acid groups (broad SMARTS) is 1. The van der Waals surface area contributed by atoms with Crippen molar-refractivity contribution in [1.82, 2.24) is 10.2 Å². The summed E-state index contributed by atoms with van der Waals surface area (Å²) in [5.74, 6) is -1.16. The normalized spacial score (nSPS) is 26.4. The maximum absolute atomic E-state index is 13.4. The van der Waals surface area contributed by atoms with Crippen molar-refractivity contribution in [3.8, 4) is 0 Å². The van der Waals surface area contributed by atoms with Crippen LogP contribution in [0.1, 0.15) is 24.8 Å². The molecule has 1 aromatic rings. The van der Waals surface area contributed by atoms with Crippen LogP contribution in [0.2, 0.25) is 0 Å². The Morgan fingerprint density at radius 1 is 1.31 bits per heavy atom. The molecule has 3 rings (SSSR count). The molecule has 0 radical (unpaired) electrons. The van der Waals surface area contributed by atoms with Crippen molar-refractivity contribution in [1.29, 1.82) is 0 Å². The van der Waals surface area contributed by atoms with Crippen molar-refractivity contribution < 1.29 is 27.9 Å². The van der Waals surface area contributed by atoms with Crippen LogP contribution in [0.5, 0.6) is 0 Å². The zero-order chi connectivity index (χ0) is 18.9. The van der Waals surface area contributed by atoms with E-state index in [4.69, 9.17) is 0 Å². The minimum absolute atomic E-state index is 0.0330. The van der Waals surface area contributed by atoms with Gasteiger partial charge in [0.2, 0.25) is 0 Å². The largest absolute Gasteiger partial charge is 0.481 e. The van der Waals surface area contributed by atoms with Crippen molar-refractivity contribution in [2.24, 2.45) is 11.3 Å². The van der Waals surface area contributed by atoms with E-state index in [1.165, 1.54) is 4.90 Å². The first kappa shape index (κ1) is 18.5. The van der Waals surface area contributed by atoms with E-state index in [0.717, 1.165) is 6.42 Å². The maximum atomic E-state index is 13.4. The van der Waals surface area contributed by atoms with Crippen molar-refractivity contribution >= 4 is 12.0 Å². The summed E-state index contributed by atoms with van der Waals surface area (Å²) in [6.07, 6.45) is -3.04. The van der Waals surface area contributed by atoms with Crippen LogP contribution in [0.15, 0.2) is 30.3 Å². The molecule has 2 N–H and O–H groups in total. The molecule has 5 nitrogen and oxygen atoms in total.